The number of sulfonamides is 1. The summed E-state index contributed by atoms with van der Waals surface area (Å²) in [4.78, 5) is 22.7. The Hall–Kier alpha value is -2.68. The molecule has 0 radical (unpaired) electrons. The van der Waals surface area contributed by atoms with Crippen molar-refractivity contribution in [3.05, 3.63) is 48.0 Å². The van der Waals surface area contributed by atoms with E-state index in [-0.39, 0.29) is 4.90 Å². The molecule has 33 heavy (non-hydrogen) atoms. The number of aliphatic carboxylic acids is 2. The number of aliphatic hydroxyl groups is 2. The van der Waals surface area contributed by atoms with E-state index in [1.165, 1.54) is 6.07 Å². The third-order valence-corrected chi connectivity index (χ3v) is 5.59. The molecule has 0 aliphatic carbocycles. The molecule has 0 bridgehead atoms. The topological polar surface area (TPSA) is 188 Å². The fourth-order valence-corrected chi connectivity index (χ4v) is 3.31. The number of hydrogen-bond donors (Lipinski definition) is 5. The lowest BCUT2D eigenvalue weighted by Gasteiger charge is -2.16. The minimum Gasteiger partial charge on any atom is -0.479 e. The number of nitrogens with zero attached hydrogens (tertiary/aromatic N) is 1. The number of rotatable bonds is 9. The SMILES string of the molecule is CSc1ccc(Oc2ccc(S(N)(=O)=O)cc2CN(C)C)cc1.O=C(O)[C@@H](O)[C@H](O)C(=O)O. The second-order valence-electron chi connectivity index (χ2n) is 6.90. The summed E-state index contributed by atoms with van der Waals surface area (Å²) in [5.41, 5.74) is 0.760. The highest BCUT2D eigenvalue weighted by molar-refractivity contribution is 7.98. The summed E-state index contributed by atoms with van der Waals surface area (Å²) in [7, 11) is 0.0703. The average Bonchev–Trinajstić information content (AvgIpc) is 2.73. The molecule has 13 heteroatoms. The minimum atomic E-state index is -3.74. The first-order chi connectivity index (χ1) is 15.3. The molecule has 0 heterocycles. The van der Waals surface area contributed by atoms with Crippen molar-refractivity contribution in [1.82, 2.24) is 4.90 Å². The molecule has 0 aliphatic rings. The molecule has 0 amide bonds. The number of thioether (sulfide) groups is 1. The molecule has 2 aromatic carbocycles. The average molecular weight is 503 g/mol. The Bertz CT molecular complexity index is 1040. The van der Waals surface area contributed by atoms with Crippen LogP contribution >= 0.6 is 11.8 Å². The number of primary sulfonamides is 1. The van der Waals surface area contributed by atoms with Gasteiger partial charge in [0.2, 0.25) is 10.0 Å². The first kappa shape index (κ1) is 28.4. The predicted molar refractivity (Wildman–Crippen MR) is 121 cm³/mol. The number of benzene rings is 2. The Kier molecular flexibility index (Phi) is 10.8. The minimum absolute atomic E-state index is 0.0828. The number of aliphatic hydroxyl groups excluding tert-OH is 2. The van der Waals surface area contributed by atoms with E-state index in [1.54, 1.807) is 23.9 Å². The highest BCUT2D eigenvalue weighted by atomic mass is 32.2. The number of hydrogen-bond acceptors (Lipinski definition) is 9. The van der Waals surface area contributed by atoms with E-state index in [4.69, 9.17) is 30.3 Å². The van der Waals surface area contributed by atoms with Gasteiger partial charge in [-0.05, 0) is 62.8 Å². The van der Waals surface area contributed by atoms with Gasteiger partial charge in [0.25, 0.3) is 0 Å². The molecule has 0 spiro atoms. The van der Waals surface area contributed by atoms with Crippen molar-refractivity contribution in [2.24, 2.45) is 5.14 Å². The number of carboxylic acids is 2. The largest absolute Gasteiger partial charge is 0.479 e. The second kappa shape index (κ2) is 12.5. The highest BCUT2D eigenvalue weighted by Gasteiger charge is 2.29. The number of nitrogens with two attached hydrogens (primary N) is 1. The van der Waals surface area contributed by atoms with Gasteiger partial charge in [0.15, 0.2) is 12.2 Å². The number of ether oxygens (including phenoxy) is 1. The molecule has 2 aromatic rings. The van der Waals surface area contributed by atoms with Gasteiger partial charge < -0.3 is 30.1 Å². The predicted octanol–water partition coefficient (Wildman–Crippen LogP) is 0.787. The zero-order valence-corrected chi connectivity index (χ0v) is 19.7. The molecule has 0 aromatic heterocycles. The van der Waals surface area contributed by atoms with Gasteiger partial charge in [0.1, 0.15) is 11.5 Å². The van der Waals surface area contributed by atoms with Crippen LogP contribution in [0.4, 0.5) is 0 Å². The summed E-state index contributed by atoms with van der Waals surface area (Å²) >= 11 is 1.66. The van der Waals surface area contributed by atoms with Crippen molar-refractivity contribution in [3.8, 4) is 11.5 Å². The zero-order chi connectivity index (χ0) is 25.3. The fraction of sp³-hybridized carbons (Fsp3) is 0.300. The molecule has 0 unspecified atom stereocenters. The molecule has 182 valence electrons. The summed E-state index contributed by atoms with van der Waals surface area (Å²) < 4.78 is 29.0. The van der Waals surface area contributed by atoms with Gasteiger partial charge >= 0.3 is 11.9 Å². The lowest BCUT2D eigenvalue weighted by molar-refractivity contribution is -0.165. The van der Waals surface area contributed by atoms with Gasteiger partial charge in [0.05, 0.1) is 4.90 Å². The lowest BCUT2D eigenvalue weighted by Crippen LogP contribution is -2.39. The van der Waals surface area contributed by atoms with Crippen molar-refractivity contribution < 1.29 is 43.2 Å². The van der Waals surface area contributed by atoms with Crippen molar-refractivity contribution >= 4 is 33.7 Å². The number of carboxylic acid groups (broad SMARTS) is 2. The molecule has 2 atom stereocenters. The standard InChI is InChI=1S/C16H20N2O3S2.C4H6O6/c1-18(2)11-12-10-15(23(17,19)20)8-9-16(12)21-13-4-6-14(22-3)7-5-13;5-1(3(7)8)2(6)4(9)10/h4-10H,11H2,1-3H3,(H2,17,19,20);1-2,5-6H,(H,7,8)(H,9,10)/t;1-,2-/m.0/s1. The number of carbonyl (C=O) groups is 2. The Morgan fingerprint density at radius 3 is 1.94 bits per heavy atom. The summed E-state index contributed by atoms with van der Waals surface area (Å²) in [5.74, 6) is -2.22. The third kappa shape index (κ3) is 9.37. The van der Waals surface area contributed by atoms with Gasteiger partial charge in [-0.15, -0.1) is 11.8 Å². The summed E-state index contributed by atoms with van der Waals surface area (Å²) in [6.45, 7) is 0.543. The van der Waals surface area contributed by atoms with Gasteiger partial charge in [-0.3, -0.25) is 0 Å². The maximum atomic E-state index is 11.5. The molecular formula is C20H26N2O9S2. The van der Waals surface area contributed by atoms with E-state index in [0.717, 1.165) is 10.5 Å². The summed E-state index contributed by atoms with van der Waals surface area (Å²) in [6.07, 6.45) is -2.52. The van der Waals surface area contributed by atoms with E-state index < -0.39 is 34.2 Å². The van der Waals surface area contributed by atoms with E-state index in [1.807, 2.05) is 49.5 Å². The zero-order valence-electron chi connectivity index (χ0n) is 18.1. The van der Waals surface area contributed by atoms with Crippen LogP contribution in [0.25, 0.3) is 0 Å². The van der Waals surface area contributed by atoms with Crippen LogP contribution in [0.1, 0.15) is 5.56 Å². The Balaban J connectivity index is 0.000000461. The van der Waals surface area contributed by atoms with Crippen LogP contribution in [0.5, 0.6) is 11.5 Å². The Morgan fingerprint density at radius 2 is 1.55 bits per heavy atom. The second-order valence-corrected chi connectivity index (χ2v) is 9.34. The van der Waals surface area contributed by atoms with Crippen LogP contribution in [0, 0.1) is 0 Å². The Morgan fingerprint density at radius 1 is 1.03 bits per heavy atom. The van der Waals surface area contributed by atoms with E-state index in [0.29, 0.717) is 18.0 Å². The van der Waals surface area contributed by atoms with Crippen LogP contribution in [-0.2, 0) is 26.2 Å². The van der Waals surface area contributed by atoms with Gasteiger partial charge in [0, 0.05) is 17.0 Å². The first-order valence-corrected chi connectivity index (χ1v) is 12.0. The molecule has 0 saturated carbocycles. The van der Waals surface area contributed by atoms with Crippen molar-refractivity contribution in [2.45, 2.75) is 28.5 Å². The highest BCUT2D eigenvalue weighted by Crippen LogP contribution is 2.29. The molecule has 0 saturated heterocycles. The lowest BCUT2D eigenvalue weighted by atomic mass is 10.2. The maximum Gasteiger partial charge on any atom is 0.335 e. The molecular weight excluding hydrogens is 476 g/mol. The fourth-order valence-electron chi connectivity index (χ4n) is 2.34. The normalized spacial score (nSPS) is 12.9. The van der Waals surface area contributed by atoms with Crippen LogP contribution in [0.2, 0.25) is 0 Å². The molecule has 11 nitrogen and oxygen atoms in total. The van der Waals surface area contributed by atoms with Crippen LogP contribution in [0.15, 0.2) is 52.3 Å². The van der Waals surface area contributed by atoms with E-state index in [2.05, 4.69) is 0 Å². The summed E-state index contributed by atoms with van der Waals surface area (Å²) in [5, 5.41) is 37.7. The van der Waals surface area contributed by atoms with Gasteiger partial charge in [-0.25, -0.2) is 23.1 Å². The van der Waals surface area contributed by atoms with Crippen LogP contribution < -0.4 is 9.88 Å². The molecule has 0 fully saturated rings. The van der Waals surface area contributed by atoms with Crippen LogP contribution in [-0.4, -0.2) is 78.2 Å². The molecule has 2 rings (SSSR count). The van der Waals surface area contributed by atoms with Crippen molar-refractivity contribution in [2.75, 3.05) is 20.4 Å². The Labute approximate surface area is 195 Å². The summed E-state index contributed by atoms with van der Waals surface area (Å²) in [6, 6.07) is 12.4. The maximum absolute atomic E-state index is 11.5. The molecule has 0 aliphatic heterocycles. The van der Waals surface area contributed by atoms with E-state index >= 15 is 0 Å². The van der Waals surface area contributed by atoms with E-state index in [9.17, 15) is 18.0 Å². The quantitative estimate of drug-likeness (QED) is 0.305. The third-order valence-electron chi connectivity index (χ3n) is 3.94. The van der Waals surface area contributed by atoms with Gasteiger partial charge in [-0.2, -0.15) is 0 Å². The monoisotopic (exact) mass is 502 g/mol. The van der Waals surface area contributed by atoms with Crippen LogP contribution in [0.3, 0.4) is 0 Å². The molecule has 6 N–H and O–H groups in total. The van der Waals surface area contributed by atoms with Crippen molar-refractivity contribution in [3.63, 3.8) is 0 Å². The first-order valence-electron chi connectivity index (χ1n) is 9.20. The van der Waals surface area contributed by atoms with Crippen molar-refractivity contribution in [1.29, 1.82) is 0 Å². The van der Waals surface area contributed by atoms with Gasteiger partial charge in [-0.1, -0.05) is 0 Å². The smallest absolute Gasteiger partial charge is 0.335 e.